The molecule has 3 nitrogen and oxygen atoms in total. The SMILES string of the molecule is NCCc1ccc(C(=O)Nc2cc(Cl)c(F)c(Cl)c2)cc1. The number of nitrogens with two attached hydrogens (primary N) is 1. The summed E-state index contributed by atoms with van der Waals surface area (Å²) in [6.07, 6.45) is 0.755. The van der Waals surface area contributed by atoms with Crippen molar-refractivity contribution in [2.75, 3.05) is 11.9 Å². The Kier molecular flexibility index (Phi) is 5.17. The van der Waals surface area contributed by atoms with Crippen LogP contribution in [0.2, 0.25) is 10.0 Å². The zero-order valence-corrected chi connectivity index (χ0v) is 12.5. The fourth-order valence-electron chi connectivity index (χ4n) is 1.82. The number of benzene rings is 2. The number of anilines is 1. The third-order valence-corrected chi connectivity index (χ3v) is 3.44. The zero-order chi connectivity index (χ0) is 15.4. The number of hydrogen-bond donors (Lipinski definition) is 2. The Morgan fingerprint density at radius 3 is 2.24 bits per heavy atom. The second-order valence-electron chi connectivity index (χ2n) is 4.44. The van der Waals surface area contributed by atoms with Crippen LogP contribution in [-0.2, 0) is 6.42 Å². The molecule has 0 heterocycles. The average Bonchev–Trinajstić information content (AvgIpc) is 2.45. The van der Waals surface area contributed by atoms with Crippen molar-refractivity contribution in [1.29, 1.82) is 0 Å². The lowest BCUT2D eigenvalue weighted by atomic mass is 10.1. The van der Waals surface area contributed by atoms with Crippen molar-refractivity contribution < 1.29 is 9.18 Å². The quantitative estimate of drug-likeness (QED) is 0.837. The van der Waals surface area contributed by atoms with Crippen LogP contribution in [0.5, 0.6) is 0 Å². The van der Waals surface area contributed by atoms with E-state index in [1.54, 1.807) is 12.1 Å². The summed E-state index contributed by atoms with van der Waals surface area (Å²) in [6, 6.07) is 9.70. The Labute approximate surface area is 131 Å². The van der Waals surface area contributed by atoms with E-state index in [-0.39, 0.29) is 16.0 Å². The summed E-state index contributed by atoms with van der Waals surface area (Å²) in [7, 11) is 0. The first-order valence-corrected chi connectivity index (χ1v) is 7.01. The fourth-order valence-corrected chi connectivity index (χ4v) is 2.31. The molecular formula is C15H13Cl2FN2O. The van der Waals surface area contributed by atoms with Gasteiger partial charge in [0.2, 0.25) is 0 Å². The first-order valence-electron chi connectivity index (χ1n) is 6.26. The van der Waals surface area contributed by atoms with Gasteiger partial charge in [0, 0.05) is 11.3 Å². The number of halogens is 3. The molecule has 0 fully saturated rings. The molecule has 0 atom stereocenters. The van der Waals surface area contributed by atoms with Gasteiger partial charge in [0.05, 0.1) is 10.0 Å². The van der Waals surface area contributed by atoms with Gasteiger partial charge in [-0.3, -0.25) is 4.79 Å². The van der Waals surface area contributed by atoms with Gasteiger partial charge in [-0.25, -0.2) is 4.39 Å². The van der Waals surface area contributed by atoms with Crippen LogP contribution < -0.4 is 11.1 Å². The van der Waals surface area contributed by atoms with Gasteiger partial charge >= 0.3 is 0 Å². The zero-order valence-electron chi connectivity index (χ0n) is 11.0. The average molecular weight is 327 g/mol. The summed E-state index contributed by atoms with van der Waals surface area (Å²) >= 11 is 11.4. The smallest absolute Gasteiger partial charge is 0.255 e. The summed E-state index contributed by atoms with van der Waals surface area (Å²) in [5.74, 6) is -1.03. The number of carbonyl (C=O) groups excluding carboxylic acids is 1. The van der Waals surface area contributed by atoms with Crippen LogP contribution in [0.4, 0.5) is 10.1 Å². The van der Waals surface area contributed by atoms with Crippen LogP contribution in [0.1, 0.15) is 15.9 Å². The maximum Gasteiger partial charge on any atom is 0.255 e. The summed E-state index contributed by atoms with van der Waals surface area (Å²) in [4.78, 5) is 12.1. The van der Waals surface area contributed by atoms with Crippen molar-refractivity contribution in [2.24, 2.45) is 5.73 Å². The predicted octanol–water partition coefficient (Wildman–Crippen LogP) is 3.89. The molecule has 0 saturated heterocycles. The number of hydrogen-bond acceptors (Lipinski definition) is 2. The molecule has 0 aromatic heterocycles. The van der Waals surface area contributed by atoms with Crippen molar-refractivity contribution in [3.8, 4) is 0 Å². The van der Waals surface area contributed by atoms with Crippen LogP contribution in [0.25, 0.3) is 0 Å². The van der Waals surface area contributed by atoms with Gasteiger partial charge in [0.15, 0.2) is 5.82 Å². The molecule has 2 aromatic rings. The maximum atomic E-state index is 13.3. The molecule has 0 spiro atoms. The Hall–Kier alpha value is -1.62. The molecule has 0 bridgehead atoms. The Morgan fingerprint density at radius 2 is 1.71 bits per heavy atom. The standard InChI is InChI=1S/C15H13Cl2FN2O/c16-12-7-11(8-13(17)14(12)18)20-15(21)10-3-1-9(2-4-10)5-6-19/h1-4,7-8H,5-6,19H2,(H,20,21). The van der Waals surface area contributed by atoms with Crippen molar-refractivity contribution in [2.45, 2.75) is 6.42 Å². The van der Waals surface area contributed by atoms with E-state index >= 15 is 0 Å². The van der Waals surface area contributed by atoms with Crippen molar-refractivity contribution in [3.63, 3.8) is 0 Å². The van der Waals surface area contributed by atoms with E-state index in [2.05, 4.69) is 5.32 Å². The minimum absolute atomic E-state index is 0.143. The third-order valence-electron chi connectivity index (χ3n) is 2.89. The molecule has 0 aliphatic carbocycles. The van der Waals surface area contributed by atoms with Crippen molar-refractivity contribution in [1.82, 2.24) is 0 Å². The molecule has 3 N–H and O–H groups in total. The summed E-state index contributed by atoms with van der Waals surface area (Å²) < 4.78 is 13.3. The van der Waals surface area contributed by atoms with E-state index < -0.39 is 5.82 Å². The van der Waals surface area contributed by atoms with Gasteiger partial charge in [0.25, 0.3) is 5.91 Å². The molecule has 2 aromatic carbocycles. The molecule has 0 aliphatic heterocycles. The van der Waals surface area contributed by atoms with E-state index in [1.165, 1.54) is 12.1 Å². The molecule has 0 unspecified atom stereocenters. The summed E-state index contributed by atoms with van der Waals surface area (Å²) in [6.45, 7) is 0.554. The lowest BCUT2D eigenvalue weighted by molar-refractivity contribution is 0.102. The number of rotatable bonds is 4. The van der Waals surface area contributed by atoms with E-state index in [0.717, 1.165) is 12.0 Å². The normalized spacial score (nSPS) is 10.5. The largest absolute Gasteiger partial charge is 0.330 e. The first-order chi connectivity index (χ1) is 10.0. The molecule has 1 amide bonds. The van der Waals surface area contributed by atoms with Crippen molar-refractivity contribution >= 4 is 34.8 Å². The molecule has 0 radical (unpaired) electrons. The highest BCUT2D eigenvalue weighted by Gasteiger charge is 2.11. The highest BCUT2D eigenvalue weighted by Crippen LogP contribution is 2.27. The fraction of sp³-hybridized carbons (Fsp3) is 0.133. The number of carbonyl (C=O) groups is 1. The molecule has 0 aliphatic rings. The summed E-state index contributed by atoms with van der Waals surface area (Å²) in [5, 5.41) is 2.33. The minimum atomic E-state index is -0.706. The second-order valence-corrected chi connectivity index (χ2v) is 5.26. The molecule has 110 valence electrons. The maximum absolute atomic E-state index is 13.3. The molecular weight excluding hydrogens is 314 g/mol. The highest BCUT2D eigenvalue weighted by atomic mass is 35.5. The van der Waals surface area contributed by atoms with E-state index in [4.69, 9.17) is 28.9 Å². The van der Waals surface area contributed by atoms with E-state index in [9.17, 15) is 9.18 Å². The Morgan fingerprint density at radius 1 is 1.14 bits per heavy atom. The number of amides is 1. The Balaban J connectivity index is 2.14. The first kappa shape index (κ1) is 15.8. The van der Waals surface area contributed by atoms with Crippen molar-refractivity contribution in [3.05, 3.63) is 63.4 Å². The lowest BCUT2D eigenvalue weighted by Crippen LogP contribution is -2.12. The summed E-state index contributed by atoms with van der Waals surface area (Å²) in [5.41, 5.74) is 7.34. The van der Waals surface area contributed by atoms with Gasteiger partial charge in [0.1, 0.15) is 0 Å². The van der Waals surface area contributed by atoms with Gasteiger partial charge in [-0.1, -0.05) is 35.3 Å². The molecule has 2 rings (SSSR count). The minimum Gasteiger partial charge on any atom is -0.330 e. The molecule has 0 saturated carbocycles. The van der Waals surface area contributed by atoms with E-state index in [0.29, 0.717) is 17.8 Å². The third kappa shape index (κ3) is 3.94. The van der Waals surface area contributed by atoms with E-state index in [1.807, 2.05) is 12.1 Å². The Bertz CT molecular complexity index is 636. The van der Waals surface area contributed by atoms with Gasteiger partial charge in [-0.05, 0) is 42.8 Å². The van der Waals surface area contributed by atoms with Gasteiger partial charge < -0.3 is 11.1 Å². The van der Waals surface area contributed by atoms with Crippen LogP contribution in [0.3, 0.4) is 0 Å². The number of nitrogens with one attached hydrogen (secondary N) is 1. The van der Waals surface area contributed by atoms with Crippen LogP contribution >= 0.6 is 23.2 Å². The molecule has 21 heavy (non-hydrogen) atoms. The highest BCUT2D eigenvalue weighted by molar-refractivity contribution is 6.35. The van der Waals surface area contributed by atoms with Crippen LogP contribution in [-0.4, -0.2) is 12.5 Å². The topological polar surface area (TPSA) is 55.1 Å². The van der Waals surface area contributed by atoms with Gasteiger partial charge in [-0.2, -0.15) is 0 Å². The molecule has 6 heteroatoms. The van der Waals surface area contributed by atoms with Crippen LogP contribution in [0, 0.1) is 5.82 Å². The second kappa shape index (κ2) is 6.89. The van der Waals surface area contributed by atoms with Gasteiger partial charge in [-0.15, -0.1) is 0 Å². The lowest BCUT2D eigenvalue weighted by Gasteiger charge is -2.08. The van der Waals surface area contributed by atoms with Crippen LogP contribution in [0.15, 0.2) is 36.4 Å². The monoisotopic (exact) mass is 326 g/mol. The predicted molar refractivity (Wildman–Crippen MR) is 83.6 cm³/mol.